The average Bonchev–Trinajstić information content (AvgIpc) is 3.40. The number of imidazole rings is 1. The van der Waals surface area contributed by atoms with Crippen LogP contribution in [0.1, 0.15) is 35.3 Å². The third-order valence-corrected chi connectivity index (χ3v) is 7.18. The van der Waals surface area contributed by atoms with Crippen molar-refractivity contribution in [2.24, 2.45) is 0 Å². The third-order valence-electron chi connectivity index (χ3n) is 6.56. The fraction of sp³-hybridized carbons (Fsp3) is 0.226. The van der Waals surface area contributed by atoms with Crippen LogP contribution in [0.15, 0.2) is 83.7 Å². The van der Waals surface area contributed by atoms with Gasteiger partial charge in [0.15, 0.2) is 5.65 Å². The van der Waals surface area contributed by atoms with E-state index in [1.165, 1.54) is 6.07 Å². The zero-order valence-corrected chi connectivity index (χ0v) is 24.3. The molecule has 1 aliphatic heterocycles. The molecule has 10 heteroatoms. The number of ether oxygens (including phenoxy) is 1. The highest BCUT2D eigenvalue weighted by Gasteiger charge is 2.22. The van der Waals surface area contributed by atoms with E-state index in [0.29, 0.717) is 24.3 Å². The van der Waals surface area contributed by atoms with Crippen molar-refractivity contribution in [3.63, 3.8) is 0 Å². The van der Waals surface area contributed by atoms with Crippen LogP contribution in [0.5, 0.6) is 5.75 Å². The van der Waals surface area contributed by atoms with Gasteiger partial charge in [-0.15, -0.1) is 0 Å². The molecular formula is C31H29BrN6O3. The van der Waals surface area contributed by atoms with Crippen molar-refractivity contribution in [3.05, 3.63) is 100 Å². The molecule has 9 nitrogen and oxygen atoms in total. The molecule has 5 rings (SSSR count). The van der Waals surface area contributed by atoms with Crippen molar-refractivity contribution in [1.29, 1.82) is 5.26 Å². The molecule has 0 saturated carbocycles. The van der Waals surface area contributed by atoms with Gasteiger partial charge in [0.2, 0.25) is 0 Å². The first-order valence-corrected chi connectivity index (χ1v) is 14.1. The highest BCUT2D eigenvalue weighted by atomic mass is 79.9. The number of carbonyl (C=O) groups is 2. The topological polar surface area (TPSA) is 112 Å². The zero-order chi connectivity index (χ0) is 28.9. The summed E-state index contributed by atoms with van der Waals surface area (Å²) in [5.74, 6) is 0.0969. The number of hydrogen-bond donors (Lipinski definition) is 2. The Hall–Kier alpha value is -4.62. The first-order valence-electron chi connectivity index (χ1n) is 13.3. The van der Waals surface area contributed by atoms with Gasteiger partial charge in [-0.1, -0.05) is 24.3 Å². The van der Waals surface area contributed by atoms with E-state index in [-0.39, 0.29) is 30.2 Å². The van der Waals surface area contributed by atoms with Crippen molar-refractivity contribution < 1.29 is 14.3 Å². The molecule has 3 heterocycles. The summed E-state index contributed by atoms with van der Waals surface area (Å²) < 4.78 is 8.57. The van der Waals surface area contributed by atoms with E-state index in [1.54, 1.807) is 23.2 Å². The smallest absolute Gasteiger partial charge is 0.321 e. The van der Waals surface area contributed by atoms with Crippen LogP contribution in [-0.4, -0.2) is 51.5 Å². The number of rotatable bonds is 9. The van der Waals surface area contributed by atoms with Crippen LogP contribution in [0.4, 0.5) is 4.79 Å². The molecule has 0 spiro atoms. The molecule has 41 heavy (non-hydrogen) atoms. The number of hydrogen-bond acceptors (Lipinski definition) is 5. The fourth-order valence-corrected chi connectivity index (χ4v) is 5.08. The monoisotopic (exact) mass is 612 g/mol. The second-order valence-electron chi connectivity index (χ2n) is 10.00. The van der Waals surface area contributed by atoms with Gasteiger partial charge in [-0.3, -0.25) is 9.69 Å². The SMILES string of the molecule is CC(C)Oc1ccc(C(=O)NC(Cc2ccc(-c3cn4cccc(Br)c4n3)cc2)CN2C=CCNC2=O)cc1C#N. The normalized spacial score (nSPS) is 13.6. The lowest BCUT2D eigenvalue weighted by Crippen LogP contribution is -2.49. The second kappa shape index (κ2) is 12.3. The van der Waals surface area contributed by atoms with Crippen LogP contribution in [0.2, 0.25) is 0 Å². The summed E-state index contributed by atoms with van der Waals surface area (Å²) in [6, 6.07) is 18.2. The minimum absolute atomic E-state index is 0.101. The standard InChI is InChI=1S/C31H29BrN6O3/c1-20(2)41-28-11-10-23(16-24(28)17-33)30(39)35-25(18-38-14-4-12-34-31(38)40)15-21-6-8-22(9-7-21)27-19-37-13-3-5-26(32)29(37)36-27/h3-11,13-14,16,19-20,25H,12,15,18H2,1-2H3,(H,34,40)(H,35,39). The number of nitrogens with zero attached hydrogens (tertiary/aromatic N) is 4. The van der Waals surface area contributed by atoms with Crippen molar-refractivity contribution in [2.45, 2.75) is 32.4 Å². The quantitative estimate of drug-likeness (QED) is 0.266. The maximum atomic E-state index is 13.3. The van der Waals surface area contributed by atoms with E-state index in [0.717, 1.165) is 26.9 Å². The number of urea groups is 1. The summed E-state index contributed by atoms with van der Waals surface area (Å²) in [5, 5.41) is 15.4. The summed E-state index contributed by atoms with van der Waals surface area (Å²) in [5.41, 5.74) is 4.28. The Labute approximate surface area is 246 Å². The van der Waals surface area contributed by atoms with Gasteiger partial charge in [0.05, 0.1) is 27.9 Å². The number of amides is 3. The number of halogens is 1. The third kappa shape index (κ3) is 6.58. The Kier molecular flexibility index (Phi) is 8.36. The number of carbonyl (C=O) groups excluding carboxylic acids is 2. The van der Waals surface area contributed by atoms with Gasteiger partial charge in [-0.05, 0) is 78.2 Å². The summed E-state index contributed by atoms with van der Waals surface area (Å²) in [6.07, 6.45) is 7.90. The molecule has 0 bridgehead atoms. The maximum Gasteiger partial charge on any atom is 0.321 e. The highest BCUT2D eigenvalue weighted by Crippen LogP contribution is 2.24. The molecular weight excluding hydrogens is 584 g/mol. The van der Waals surface area contributed by atoms with E-state index in [4.69, 9.17) is 9.72 Å². The van der Waals surface area contributed by atoms with Crippen LogP contribution < -0.4 is 15.4 Å². The summed E-state index contributed by atoms with van der Waals surface area (Å²) >= 11 is 3.55. The lowest BCUT2D eigenvalue weighted by atomic mass is 10.0. The van der Waals surface area contributed by atoms with Gasteiger partial charge in [-0.2, -0.15) is 5.26 Å². The zero-order valence-electron chi connectivity index (χ0n) is 22.7. The first-order chi connectivity index (χ1) is 19.8. The number of benzene rings is 2. The molecule has 4 aromatic rings. The van der Waals surface area contributed by atoms with E-state index < -0.39 is 6.04 Å². The second-order valence-corrected chi connectivity index (χ2v) is 10.9. The number of fused-ring (bicyclic) bond motifs is 1. The van der Waals surface area contributed by atoms with Gasteiger partial charge >= 0.3 is 6.03 Å². The van der Waals surface area contributed by atoms with Crippen LogP contribution >= 0.6 is 15.9 Å². The molecule has 1 unspecified atom stereocenters. The summed E-state index contributed by atoms with van der Waals surface area (Å²) in [4.78, 5) is 32.0. The Morgan fingerprint density at radius 1 is 1.22 bits per heavy atom. The molecule has 208 valence electrons. The van der Waals surface area contributed by atoms with Crippen molar-refractivity contribution in [3.8, 4) is 23.1 Å². The number of nitriles is 1. The molecule has 1 aliphatic rings. The Morgan fingerprint density at radius 3 is 2.73 bits per heavy atom. The van der Waals surface area contributed by atoms with Gasteiger partial charge < -0.3 is 19.8 Å². The minimum Gasteiger partial charge on any atom is -0.490 e. The van der Waals surface area contributed by atoms with E-state index in [9.17, 15) is 14.9 Å². The van der Waals surface area contributed by atoms with Crippen molar-refractivity contribution in [2.75, 3.05) is 13.1 Å². The van der Waals surface area contributed by atoms with E-state index in [1.807, 2.05) is 73.1 Å². The van der Waals surface area contributed by atoms with Gasteiger partial charge in [0.25, 0.3) is 5.91 Å². The molecule has 2 aromatic heterocycles. The molecule has 0 radical (unpaired) electrons. The molecule has 0 saturated heterocycles. The predicted octanol–water partition coefficient (Wildman–Crippen LogP) is 5.30. The molecule has 0 aliphatic carbocycles. The fourth-order valence-electron chi connectivity index (χ4n) is 4.64. The summed E-state index contributed by atoms with van der Waals surface area (Å²) in [7, 11) is 0. The van der Waals surface area contributed by atoms with E-state index >= 15 is 0 Å². The Bertz CT molecular complexity index is 1650. The van der Waals surface area contributed by atoms with Crippen molar-refractivity contribution in [1.82, 2.24) is 24.9 Å². The Balaban J connectivity index is 1.36. The lowest BCUT2D eigenvalue weighted by molar-refractivity contribution is 0.0930. The number of aromatic nitrogens is 2. The molecule has 1 atom stereocenters. The van der Waals surface area contributed by atoms with Crippen LogP contribution in [0.25, 0.3) is 16.9 Å². The van der Waals surface area contributed by atoms with E-state index in [2.05, 4.69) is 32.6 Å². The maximum absolute atomic E-state index is 13.3. The average molecular weight is 614 g/mol. The number of pyridine rings is 1. The van der Waals surface area contributed by atoms with Gasteiger partial charge in [0, 0.05) is 42.8 Å². The first kappa shape index (κ1) is 27.9. The molecule has 2 aromatic carbocycles. The molecule has 3 amide bonds. The van der Waals surface area contributed by atoms with Crippen LogP contribution in [-0.2, 0) is 6.42 Å². The van der Waals surface area contributed by atoms with Crippen LogP contribution in [0.3, 0.4) is 0 Å². The van der Waals surface area contributed by atoms with Crippen molar-refractivity contribution >= 4 is 33.5 Å². The summed E-state index contributed by atoms with van der Waals surface area (Å²) in [6.45, 7) is 4.49. The minimum atomic E-state index is -0.398. The van der Waals surface area contributed by atoms with Crippen LogP contribution in [0, 0.1) is 11.3 Å². The van der Waals surface area contributed by atoms with Gasteiger partial charge in [-0.25, -0.2) is 9.78 Å². The molecule has 0 fully saturated rings. The largest absolute Gasteiger partial charge is 0.490 e. The Morgan fingerprint density at radius 2 is 2.02 bits per heavy atom. The molecule has 2 N–H and O–H groups in total. The highest BCUT2D eigenvalue weighted by molar-refractivity contribution is 9.10. The predicted molar refractivity (Wildman–Crippen MR) is 159 cm³/mol. The number of nitrogens with one attached hydrogen (secondary N) is 2. The van der Waals surface area contributed by atoms with Gasteiger partial charge in [0.1, 0.15) is 11.8 Å². The lowest BCUT2D eigenvalue weighted by Gasteiger charge is -2.28.